The Balaban J connectivity index is 2.26. The van der Waals surface area contributed by atoms with E-state index in [0.29, 0.717) is 10.8 Å². The maximum Gasteiger partial charge on any atom is 0.294 e. The molecule has 0 radical (unpaired) electrons. The molecule has 0 saturated carbocycles. The van der Waals surface area contributed by atoms with Crippen LogP contribution in [-0.4, -0.2) is 10.8 Å². The molecule has 7 nitrogen and oxygen atoms in total. The standard InChI is InChI=1S/C11H9ClN4O3/c12-7-3-4-9(16(17)18)8(6-7)14-15-11(13)10-2-1-5-19-10/h1-6,14H,(H2,13,15). The number of benzene rings is 1. The van der Waals surface area contributed by atoms with Gasteiger partial charge < -0.3 is 10.2 Å². The van der Waals surface area contributed by atoms with E-state index in [9.17, 15) is 10.1 Å². The number of nitrogens with two attached hydrogens (primary N) is 1. The van der Waals surface area contributed by atoms with E-state index in [2.05, 4.69) is 10.5 Å². The normalized spacial score (nSPS) is 11.3. The lowest BCUT2D eigenvalue weighted by atomic mass is 10.3. The average Bonchev–Trinajstić information content (AvgIpc) is 2.89. The van der Waals surface area contributed by atoms with Gasteiger partial charge in [0.25, 0.3) is 5.69 Å². The third kappa shape index (κ3) is 3.02. The summed E-state index contributed by atoms with van der Waals surface area (Å²) in [7, 11) is 0. The van der Waals surface area contributed by atoms with Crippen LogP contribution in [0.25, 0.3) is 0 Å². The molecule has 0 aliphatic carbocycles. The monoisotopic (exact) mass is 280 g/mol. The van der Waals surface area contributed by atoms with Gasteiger partial charge in [0.05, 0.1) is 11.2 Å². The SMILES string of the molecule is N/C(=N/Nc1cc(Cl)ccc1[N+](=O)[O-])c1ccco1. The fourth-order valence-corrected chi connectivity index (χ4v) is 1.53. The molecule has 0 saturated heterocycles. The van der Waals surface area contributed by atoms with Crippen LogP contribution in [0.1, 0.15) is 5.76 Å². The lowest BCUT2D eigenvalue weighted by Gasteiger charge is -2.03. The van der Waals surface area contributed by atoms with Gasteiger partial charge in [-0.15, -0.1) is 0 Å². The molecule has 1 heterocycles. The molecule has 0 bridgehead atoms. The fourth-order valence-electron chi connectivity index (χ4n) is 1.36. The zero-order valence-electron chi connectivity index (χ0n) is 9.54. The topological polar surface area (TPSA) is 107 Å². The van der Waals surface area contributed by atoms with Crippen molar-refractivity contribution in [2.75, 3.05) is 5.43 Å². The Morgan fingerprint density at radius 2 is 2.26 bits per heavy atom. The highest BCUT2D eigenvalue weighted by molar-refractivity contribution is 6.31. The number of nitrogens with zero attached hydrogens (tertiary/aromatic N) is 2. The van der Waals surface area contributed by atoms with Crippen molar-refractivity contribution in [2.45, 2.75) is 0 Å². The molecule has 2 aromatic rings. The summed E-state index contributed by atoms with van der Waals surface area (Å²) in [5.41, 5.74) is 8.14. The predicted octanol–water partition coefficient (Wildman–Crippen LogP) is 2.57. The van der Waals surface area contributed by atoms with E-state index in [4.69, 9.17) is 21.8 Å². The number of hydrogen-bond donors (Lipinski definition) is 2. The second kappa shape index (κ2) is 5.40. The first kappa shape index (κ1) is 12.9. The van der Waals surface area contributed by atoms with Crippen LogP contribution >= 0.6 is 11.6 Å². The van der Waals surface area contributed by atoms with Gasteiger partial charge in [-0.25, -0.2) is 0 Å². The van der Waals surface area contributed by atoms with Gasteiger partial charge in [-0.2, -0.15) is 5.10 Å². The van der Waals surface area contributed by atoms with E-state index >= 15 is 0 Å². The summed E-state index contributed by atoms with van der Waals surface area (Å²) in [4.78, 5) is 10.3. The molecule has 98 valence electrons. The van der Waals surface area contributed by atoms with Crippen LogP contribution in [0.5, 0.6) is 0 Å². The van der Waals surface area contributed by atoms with Crippen LogP contribution in [0.3, 0.4) is 0 Å². The van der Waals surface area contributed by atoms with Crippen molar-refractivity contribution >= 4 is 28.8 Å². The summed E-state index contributed by atoms with van der Waals surface area (Å²) in [6, 6.07) is 7.36. The van der Waals surface area contributed by atoms with Crippen LogP contribution < -0.4 is 11.2 Å². The van der Waals surface area contributed by atoms with Crippen LogP contribution in [0.15, 0.2) is 46.1 Å². The lowest BCUT2D eigenvalue weighted by molar-refractivity contribution is -0.384. The minimum atomic E-state index is -0.544. The van der Waals surface area contributed by atoms with E-state index in [1.54, 1.807) is 12.1 Å². The largest absolute Gasteiger partial charge is 0.461 e. The predicted molar refractivity (Wildman–Crippen MR) is 71.2 cm³/mol. The van der Waals surface area contributed by atoms with Crippen molar-refractivity contribution in [3.63, 3.8) is 0 Å². The molecule has 0 unspecified atom stereocenters. The van der Waals surface area contributed by atoms with Gasteiger partial charge in [-0.1, -0.05) is 11.6 Å². The van der Waals surface area contributed by atoms with Crippen molar-refractivity contribution in [3.05, 3.63) is 57.5 Å². The van der Waals surface area contributed by atoms with Crippen molar-refractivity contribution in [2.24, 2.45) is 10.8 Å². The molecule has 3 N–H and O–H groups in total. The van der Waals surface area contributed by atoms with Crippen LogP contribution in [0.2, 0.25) is 5.02 Å². The maximum atomic E-state index is 10.8. The molecule has 0 spiro atoms. The van der Waals surface area contributed by atoms with E-state index in [-0.39, 0.29) is 17.2 Å². The number of furan rings is 1. The highest BCUT2D eigenvalue weighted by Gasteiger charge is 2.13. The van der Waals surface area contributed by atoms with Gasteiger partial charge >= 0.3 is 0 Å². The number of anilines is 1. The second-order valence-corrected chi connectivity index (χ2v) is 3.94. The summed E-state index contributed by atoms with van der Waals surface area (Å²) in [6.07, 6.45) is 1.44. The number of halogens is 1. The van der Waals surface area contributed by atoms with Crippen LogP contribution in [-0.2, 0) is 0 Å². The zero-order valence-corrected chi connectivity index (χ0v) is 10.3. The lowest BCUT2D eigenvalue weighted by Crippen LogP contribution is -2.14. The first-order chi connectivity index (χ1) is 9.08. The molecule has 8 heteroatoms. The van der Waals surface area contributed by atoms with Gasteiger partial charge in [0.2, 0.25) is 0 Å². The van der Waals surface area contributed by atoms with Crippen molar-refractivity contribution < 1.29 is 9.34 Å². The maximum absolute atomic E-state index is 10.8. The van der Waals surface area contributed by atoms with Crippen molar-refractivity contribution in [1.29, 1.82) is 0 Å². The highest BCUT2D eigenvalue weighted by Crippen LogP contribution is 2.27. The molecule has 2 rings (SSSR count). The van der Waals surface area contributed by atoms with Gasteiger partial charge in [-0.3, -0.25) is 15.5 Å². The van der Waals surface area contributed by atoms with Crippen molar-refractivity contribution in [1.82, 2.24) is 0 Å². The summed E-state index contributed by atoms with van der Waals surface area (Å²) >= 11 is 5.78. The summed E-state index contributed by atoms with van der Waals surface area (Å²) in [5, 5.41) is 15.0. The molecular formula is C11H9ClN4O3. The number of rotatable bonds is 4. The number of nitro groups is 1. The number of amidine groups is 1. The third-order valence-electron chi connectivity index (χ3n) is 2.23. The molecule has 0 aliphatic rings. The van der Waals surface area contributed by atoms with Crippen LogP contribution in [0, 0.1) is 10.1 Å². The number of nitro benzene ring substituents is 1. The highest BCUT2D eigenvalue weighted by atomic mass is 35.5. The Hall–Kier alpha value is -2.54. The number of hydrogen-bond acceptors (Lipinski definition) is 5. The van der Waals surface area contributed by atoms with Gasteiger partial charge in [0.1, 0.15) is 5.69 Å². The molecule has 1 aromatic carbocycles. The first-order valence-corrected chi connectivity index (χ1v) is 5.52. The van der Waals surface area contributed by atoms with Crippen molar-refractivity contribution in [3.8, 4) is 0 Å². The van der Waals surface area contributed by atoms with E-state index in [1.165, 1.54) is 24.5 Å². The molecule has 0 amide bonds. The minimum Gasteiger partial charge on any atom is -0.461 e. The quantitative estimate of drug-likeness (QED) is 0.387. The summed E-state index contributed by atoms with van der Waals surface area (Å²) in [5.74, 6) is 0.427. The summed E-state index contributed by atoms with van der Waals surface area (Å²) < 4.78 is 5.03. The van der Waals surface area contributed by atoms with E-state index in [1.807, 2.05) is 0 Å². The Kier molecular flexibility index (Phi) is 3.67. The zero-order chi connectivity index (χ0) is 13.8. The second-order valence-electron chi connectivity index (χ2n) is 3.50. The Morgan fingerprint density at radius 3 is 2.89 bits per heavy atom. The molecule has 0 fully saturated rings. The minimum absolute atomic E-state index is 0.0688. The first-order valence-electron chi connectivity index (χ1n) is 5.15. The molecule has 1 aromatic heterocycles. The number of hydrazone groups is 1. The Bertz CT molecular complexity index is 625. The Morgan fingerprint density at radius 1 is 1.47 bits per heavy atom. The smallest absolute Gasteiger partial charge is 0.294 e. The summed E-state index contributed by atoms with van der Waals surface area (Å²) in [6.45, 7) is 0. The van der Waals surface area contributed by atoms with Gasteiger partial charge in [0.15, 0.2) is 11.6 Å². The molecule has 19 heavy (non-hydrogen) atoms. The van der Waals surface area contributed by atoms with E-state index < -0.39 is 4.92 Å². The van der Waals surface area contributed by atoms with Gasteiger partial charge in [0, 0.05) is 11.1 Å². The van der Waals surface area contributed by atoms with Gasteiger partial charge in [-0.05, 0) is 24.3 Å². The van der Waals surface area contributed by atoms with Crippen LogP contribution in [0.4, 0.5) is 11.4 Å². The molecular weight excluding hydrogens is 272 g/mol. The number of nitrogens with one attached hydrogen (secondary N) is 1. The third-order valence-corrected chi connectivity index (χ3v) is 2.46. The van der Waals surface area contributed by atoms with E-state index in [0.717, 1.165) is 0 Å². The molecule has 0 aliphatic heterocycles. The fraction of sp³-hybridized carbons (Fsp3) is 0. The Labute approximate surface area is 112 Å². The molecule has 0 atom stereocenters. The average molecular weight is 281 g/mol.